The van der Waals surface area contributed by atoms with Gasteiger partial charge < -0.3 is 9.32 Å². The number of aromatic nitrogens is 3. The van der Waals surface area contributed by atoms with Crippen molar-refractivity contribution >= 4 is 5.91 Å². The summed E-state index contributed by atoms with van der Waals surface area (Å²) in [6, 6.07) is 7.59. The highest BCUT2D eigenvalue weighted by Gasteiger charge is 2.31. The van der Waals surface area contributed by atoms with Gasteiger partial charge in [0.25, 0.3) is 5.91 Å². The van der Waals surface area contributed by atoms with Crippen molar-refractivity contribution in [3.8, 4) is 11.3 Å². The van der Waals surface area contributed by atoms with Gasteiger partial charge in [-0.05, 0) is 25.0 Å². The molecule has 0 spiro atoms. The molecular formula is C18H18N4O2. The average Bonchev–Trinajstić information content (AvgIpc) is 3.35. The second-order valence-corrected chi connectivity index (χ2v) is 6.05. The number of rotatable bonds is 3. The van der Waals surface area contributed by atoms with Crippen molar-refractivity contribution in [1.82, 2.24) is 19.7 Å². The van der Waals surface area contributed by atoms with Crippen LogP contribution in [0, 0.1) is 0 Å². The molecule has 2 aromatic heterocycles. The van der Waals surface area contributed by atoms with Crippen LogP contribution in [0.25, 0.3) is 11.3 Å². The van der Waals surface area contributed by atoms with Crippen molar-refractivity contribution < 1.29 is 9.21 Å². The summed E-state index contributed by atoms with van der Waals surface area (Å²) in [5.41, 5.74) is 2.70. The summed E-state index contributed by atoms with van der Waals surface area (Å²) in [7, 11) is 1.90. The second-order valence-electron chi connectivity index (χ2n) is 6.05. The van der Waals surface area contributed by atoms with Gasteiger partial charge in [0.15, 0.2) is 12.2 Å². The first-order chi connectivity index (χ1) is 11.7. The molecule has 1 aromatic carbocycles. The Morgan fingerprint density at radius 2 is 2.08 bits per heavy atom. The van der Waals surface area contributed by atoms with E-state index in [0.717, 1.165) is 30.5 Å². The largest absolute Gasteiger partial charge is 0.444 e. The lowest BCUT2D eigenvalue weighted by Crippen LogP contribution is -2.30. The molecule has 0 saturated carbocycles. The number of hydrogen-bond donors (Lipinski definition) is 0. The Labute approximate surface area is 139 Å². The van der Waals surface area contributed by atoms with E-state index in [0.29, 0.717) is 11.3 Å². The monoisotopic (exact) mass is 322 g/mol. The van der Waals surface area contributed by atoms with Gasteiger partial charge in [0, 0.05) is 36.5 Å². The van der Waals surface area contributed by atoms with Crippen LogP contribution >= 0.6 is 0 Å². The molecule has 1 aliphatic heterocycles. The second kappa shape index (κ2) is 5.96. The highest BCUT2D eigenvalue weighted by molar-refractivity contribution is 5.95. The first-order valence-electron chi connectivity index (χ1n) is 8.01. The summed E-state index contributed by atoms with van der Waals surface area (Å²) in [5, 5.41) is 4.23. The minimum absolute atomic E-state index is 0.0606. The molecule has 1 atom stereocenters. The zero-order valence-corrected chi connectivity index (χ0v) is 13.4. The van der Waals surface area contributed by atoms with Crippen molar-refractivity contribution in [3.63, 3.8) is 0 Å². The number of amides is 1. The summed E-state index contributed by atoms with van der Waals surface area (Å²) in [6.45, 7) is 0.780. The van der Waals surface area contributed by atoms with Gasteiger partial charge in [0.1, 0.15) is 0 Å². The quantitative estimate of drug-likeness (QED) is 0.743. The maximum absolute atomic E-state index is 12.9. The zero-order chi connectivity index (χ0) is 16.5. The molecule has 6 nitrogen and oxygen atoms in total. The van der Waals surface area contributed by atoms with E-state index >= 15 is 0 Å². The number of carbonyl (C=O) groups excluding carboxylic acids is 1. The van der Waals surface area contributed by atoms with Crippen LogP contribution in [0.2, 0.25) is 0 Å². The van der Waals surface area contributed by atoms with Gasteiger partial charge in [0.05, 0.1) is 18.4 Å². The summed E-state index contributed by atoms with van der Waals surface area (Å²) in [5.74, 6) is 0.758. The van der Waals surface area contributed by atoms with Crippen molar-refractivity contribution in [1.29, 1.82) is 0 Å². The van der Waals surface area contributed by atoms with Crippen molar-refractivity contribution in [2.24, 2.45) is 7.05 Å². The fourth-order valence-corrected chi connectivity index (χ4v) is 3.27. The first-order valence-corrected chi connectivity index (χ1v) is 8.01. The van der Waals surface area contributed by atoms with E-state index in [9.17, 15) is 4.79 Å². The Balaban J connectivity index is 1.56. The summed E-state index contributed by atoms with van der Waals surface area (Å²) in [4.78, 5) is 18.8. The molecule has 6 heteroatoms. The molecule has 0 aliphatic carbocycles. The van der Waals surface area contributed by atoms with E-state index < -0.39 is 0 Å². The molecule has 1 aliphatic rings. The molecular weight excluding hydrogens is 304 g/mol. The molecule has 1 unspecified atom stereocenters. The minimum atomic E-state index is 0.0606. The smallest absolute Gasteiger partial charge is 0.254 e. The highest BCUT2D eigenvalue weighted by atomic mass is 16.3. The van der Waals surface area contributed by atoms with Crippen molar-refractivity contribution in [2.75, 3.05) is 6.54 Å². The van der Waals surface area contributed by atoms with Gasteiger partial charge in [-0.3, -0.25) is 9.48 Å². The molecule has 24 heavy (non-hydrogen) atoms. The third-order valence-electron chi connectivity index (χ3n) is 4.47. The van der Waals surface area contributed by atoms with Crippen molar-refractivity contribution in [2.45, 2.75) is 18.9 Å². The molecule has 122 valence electrons. The summed E-state index contributed by atoms with van der Waals surface area (Å²) < 4.78 is 7.06. The summed E-state index contributed by atoms with van der Waals surface area (Å²) in [6.07, 6.45) is 8.90. The Hall–Kier alpha value is -2.89. The molecule has 1 saturated heterocycles. The van der Waals surface area contributed by atoms with E-state index in [1.807, 2.05) is 48.6 Å². The molecule has 4 rings (SSSR count). The van der Waals surface area contributed by atoms with E-state index in [1.165, 1.54) is 6.39 Å². The Morgan fingerprint density at radius 1 is 1.25 bits per heavy atom. The lowest BCUT2D eigenvalue weighted by molar-refractivity contribution is 0.0735. The Kier molecular flexibility index (Phi) is 3.65. The number of nitrogens with zero attached hydrogens (tertiary/aromatic N) is 4. The molecule has 0 radical (unpaired) electrons. The summed E-state index contributed by atoms with van der Waals surface area (Å²) >= 11 is 0. The van der Waals surface area contributed by atoms with Gasteiger partial charge in [-0.25, -0.2) is 4.98 Å². The number of hydrogen-bond acceptors (Lipinski definition) is 4. The molecule has 3 heterocycles. The third kappa shape index (κ3) is 2.60. The van der Waals surface area contributed by atoms with E-state index in [1.54, 1.807) is 10.9 Å². The molecule has 0 N–H and O–H groups in total. The minimum Gasteiger partial charge on any atom is -0.444 e. The van der Waals surface area contributed by atoms with Crippen LogP contribution in [0.4, 0.5) is 0 Å². The number of aryl methyl sites for hydroxylation is 1. The number of likely N-dealkylation sites (tertiary alicyclic amines) is 1. The van der Waals surface area contributed by atoms with Crippen LogP contribution in [-0.2, 0) is 7.05 Å². The number of benzene rings is 1. The third-order valence-corrected chi connectivity index (χ3v) is 4.47. The number of oxazole rings is 1. The van der Waals surface area contributed by atoms with Crippen LogP contribution in [0.15, 0.2) is 53.7 Å². The van der Waals surface area contributed by atoms with Gasteiger partial charge in [-0.2, -0.15) is 5.10 Å². The lowest BCUT2D eigenvalue weighted by Gasteiger charge is -2.24. The number of carbonyl (C=O) groups is 1. The normalized spacial score (nSPS) is 17.4. The predicted molar refractivity (Wildman–Crippen MR) is 88.2 cm³/mol. The van der Waals surface area contributed by atoms with Crippen LogP contribution in [0.3, 0.4) is 0 Å². The molecule has 0 bridgehead atoms. The molecule has 3 aromatic rings. The maximum Gasteiger partial charge on any atom is 0.254 e. The predicted octanol–water partition coefficient (Wildman–Crippen LogP) is 3.05. The lowest BCUT2D eigenvalue weighted by atomic mass is 10.1. The van der Waals surface area contributed by atoms with Gasteiger partial charge in [0.2, 0.25) is 0 Å². The standard InChI is InChI=1S/C18H18N4O2/c1-21-11-15(9-20-21)16-3-2-8-22(16)18(23)14-6-4-13(5-7-14)17-10-19-12-24-17/h4-7,9-12,16H,2-3,8H2,1H3. The first kappa shape index (κ1) is 14.7. The molecule has 1 fully saturated rings. The van der Waals surface area contributed by atoms with Gasteiger partial charge >= 0.3 is 0 Å². The van der Waals surface area contributed by atoms with Crippen molar-refractivity contribution in [3.05, 3.63) is 60.4 Å². The van der Waals surface area contributed by atoms with Crippen LogP contribution in [0.1, 0.15) is 34.8 Å². The van der Waals surface area contributed by atoms with Crippen LogP contribution in [-0.4, -0.2) is 32.1 Å². The highest BCUT2D eigenvalue weighted by Crippen LogP contribution is 2.33. The molecule has 1 amide bonds. The zero-order valence-electron chi connectivity index (χ0n) is 13.4. The fourth-order valence-electron chi connectivity index (χ4n) is 3.27. The van der Waals surface area contributed by atoms with E-state index in [2.05, 4.69) is 10.1 Å². The maximum atomic E-state index is 12.9. The van der Waals surface area contributed by atoms with Gasteiger partial charge in [-0.15, -0.1) is 0 Å². The average molecular weight is 322 g/mol. The van der Waals surface area contributed by atoms with E-state index in [4.69, 9.17) is 4.42 Å². The van der Waals surface area contributed by atoms with E-state index in [-0.39, 0.29) is 11.9 Å². The van der Waals surface area contributed by atoms with Crippen LogP contribution in [0.5, 0.6) is 0 Å². The fraction of sp³-hybridized carbons (Fsp3) is 0.278. The Bertz CT molecular complexity index is 836. The SMILES string of the molecule is Cn1cc(C2CCCN2C(=O)c2ccc(-c3cnco3)cc2)cn1. The topological polar surface area (TPSA) is 64.2 Å². The Morgan fingerprint density at radius 3 is 2.75 bits per heavy atom. The van der Waals surface area contributed by atoms with Gasteiger partial charge in [-0.1, -0.05) is 12.1 Å². The van der Waals surface area contributed by atoms with Crippen LogP contribution < -0.4 is 0 Å².